The summed E-state index contributed by atoms with van der Waals surface area (Å²) < 4.78 is 21.9. The Balaban J connectivity index is 2.62. The van der Waals surface area contributed by atoms with Gasteiger partial charge in [-0.1, -0.05) is 27.7 Å². The first-order valence-corrected chi connectivity index (χ1v) is 12.4. The van der Waals surface area contributed by atoms with Gasteiger partial charge in [-0.25, -0.2) is 8.93 Å². The predicted molar refractivity (Wildman–Crippen MR) is 129 cm³/mol. The molecule has 1 atom stereocenters. The zero-order valence-electron chi connectivity index (χ0n) is 19.5. The summed E-state index contributed by atoms with van der Waals surface area (Å²) in [6, 6.07) is 0. The van der Waals surface area contributed by atoms with Crippen LogP contribution < -0.4 is 20.7 Å². The molecule has 0 saturated carbocycles. The number of aromatic nitrogens is 3. The van der Waals surface area contributed by atoms with Crippen molar-refractivity contribution in [3.63, 3.8) is 0 Å². The second kappa shape index (κ2) is 17.0. The first-order chi connectivity index (χ1) is 15.0. The number of anilines is 3. The summed E-state index contributed by atoms with van der Waals surface area (Å²) in [5.74, 6) is 1.46. The highest BCUT2D eigenvalue weighted by Gasteiger charge is 2.07. The Labute approximate surface area is 189 Å². The third kappa shape index (κ3) is 12.8. The molecule has 180 valence electrons. The zero-order chi connectivity index (χ0) is 22.9. The van der Waals surface area contributed by atoms with Crippen LogP contribution in [-0.4, -0.2) is 99.0 Å². The second-order valence-corrected chi connectivity index (χ2v) is 7.78. The van der Waals surface area contributed by atoms with Crippen LogP contribution in [0.5, 0.6) is 0 Å². The molecule has 5 N–H and O–H groups in total. The van der Waals surface area contributed by atoms with Crippen molar-refractivity contribution in [1.29, 1.82) is 0 Å². The van der Waals surface area contributed by atoms with Gasteiger partial charge in [-0.15, -0.1) is 0 Å². The molecule has 0 amide bonds. The van der Waals surface area contributed by atoms with Crippen LogP contribution in [0.25, 0.3) is 0 Å². The van der Waals surface area contributed by atoms with E-state index in [4.69, 9.17) is 4.55 Å². The van der Waals surface area contributed by atoms with E-state index in [1.807, 2.05) is 0 Å². The first-order valence-electron chi connectivity index (χ1n) is 11.3. The van der Waals surface area contributed by atoms with E-state index in [0.717, 1.165) is 65.2 Å². The highest BCUT2D eigenvalue weighted by atomic mass is 32.2. The summed E-state index contributed by atoms with van der Waals surface area (Å²) in [6.45, 7) is 17.2. The molecule has 1 aromatic rings. The Hall–Kier alpha value is -1.60. The summed E-state index contributed by atoms with van der Waals surface area (Å²) in [7, 11) is 0. The maximum atomic E-state index is 10.7. The van der Waals surface area contributed by atoms with E-state index in [1.165, 1.54) is 0 Å². The molecule has 0 fully saturated rings. The van der Waals surface area contributed by atoms with Gasteiger partial charge >= 0.3 is 0 Å². The molecule has 0 aliphatic carbocycles. The van der Waals surface area contributed by atoms with E-state index in [9.17, 15) is 4.21 Å². The monoisotopic (exact) mass is 459 g/mol. The smallest absolute Gasteiger partial charge is 0.231 e. The molecule has 1 heterocycles. The molecule has 0 radical (unpaired) electrons. The molecule has 1 aromatic heterocycles. The predicted octanol–water partition coefficient (Wildman–Crippen LogP) is 1.30. The van der Waals surface area contributed by atoms with Gasteiger partial charge in [-0.2, -0.15) is 15.0 Å². The molecule has 31 heavy (non-hydrogen) atoms. The van der Waals surface area contributed by atoms with Gasteiger partial charge < -0.3 is 25.8 Å². The lowest BCUT2D eigenvalue weighted by molar-refractivity contribution is 0.303. The number of hydrogen-bond donors (Lipinski definition) is 5. The van der Waals surface area contributed by atoms with Gasteiger partial charge in [0.2, 0.25) is 29.1 Å². The van der Waals surface area contributed by atoms with Crippen molar-refractivity contribution in [3.05, 3.63) is 0 Å². The summed E-state index contributed by atoms with van der Waals surface area (Å²) in [5.41, 5.74) is 0. The normalized spacial score (nSPS) is 12.4. The van der Waals surface area contributed by atoms with E-state index < -0.39 is 11.3 Å². The van der Waals surface area contributed by atoms with Gasteiger partial charge in [0.15, 0.2) is 0 Å². The van der Waals surface area contributed by atoms with Crippen LogP contribution in [0, 0.1) is 0 Å². The average Bonchev–Trinajstić information content (AvgIpc) is 2.77. The second-order valence-electron chi connectivity index (χ2n) is 6.99. The molecule has 1 unspecified atom stereocenters. The minimum absolute atomic E-state index is 0.314. The SMILES string of the molecule is CCN(CC)CCCNc1nc(NCCCN(CC)CC)nc(NCCNS(=O)O)n1. The molecule has 12 heteroatoms. The number of rotatable bonds is 19. The third-order valence-electron chi connectivity index (χ3n) is 4.93. The van der Waals surface area contributed by atoms with Crippen molar-refractivity contribution in [3.8, 4) is 0 Å². The first kappa shape index (κ1) is 27.4. The van der Waals surface area contributed by atoms with Crippen molar-refractivity contribution in [2.24, 2.45) is 0 Å². The Bertz CT molecular complexity index is 578. The fourth-order valence-electron chi connectivity index (χ4n) is 3.01. The van der Waals surface area contributed by atoms with Crippen molar-refractivity contribution in [2.45, 2.75) is 40.5 Å². The third-order valence-corrected chi connectivity index (χ3v) is 5.38. The number of nitrogens with one attached hydrogen (secondary N) is 4. The van der Waals surface area contributed by atoms with Crippen LogP contribution in [0.3, 0.4) is 0 Å². The molecular weight excluding hydrogens is 418 g/mol. The van der Waals surface area contributed by atoms with E-state index >= 15 is 0 Å². The molecule has 0 aliphatic heterocycles. The van der Waals surface area contributed by atoms with E-state index in [2.05, 4.69) is 73.1 Å². The number of nitrogens with zero attached hydrogens (tertiary/aromatic N) is 5. The minimum Gasteiger partial charge on any atom is -0.354 e. The highest BCUT2D eigenvalue weighted by Crippen LogP contribution is 2.09. The molecule has 0 saturated heterocycles. The lowest BCUT2D eigenvalue weighted by Gasteiger charge is -2.18. The number of hydrogen-bond acceptors (Lipinski definition) is 9. The quantitative estimate of drug-likeness (QED) is 0.152. The van der Waals surface area contributed by atoms with Gasteiger partial charge in [0, 0.05) is 26.2 Å². The fraction of sp³-hybridized carbons (Fsp3) is 0.842. The van der Waals surface area contributed by atoms with Crippen molar-refractivity contribution in [1.82, 2.24) is 29.5 Å². The Morgan fingerprint density at radius 2 is 1.10 bits per heavy atom. The van der Waals surface area contributed by atoms with Crippen molar-refractivity contribution in [2.75, 3.05) is 81.4 Å². The van der Waals surface area contributed by atoms with Gasteiger partial charge in [-0.3, -0.25) is 4.55 Å². The minimum atomic E-state index is -2.03. The molecule has 11 nitrogen and oxygen atoms in total. The Morgan fingerprint density at radius 1 is 0.710 bits per heavy atom. The maximum absolute atomic E-state index is 10.7. The van der Waals surface area contributed by atoms with Crippen LogP contribution in [0.1, 0.15) is 40.5 Å². The van der Waals surface area contributed by atoms with Gasteiger partial charge in [0.05, 0.1) is 0 Å². The van der Waals surface area contributed by atoms with Gasteiger partial charge in [-0.05, 0) is 52.1 Å². The molecular formula is C19H41N9O2S. The summed E-state index contributed by atoms with van der Waals surface area (Å²) in [4.78, 5) is 18.1. The largest absolute Gasteiger partial charge is 0.354 e. The maximum Gasteiger partial charge on any atom is 0.231 e. The molecule has 1 rings (SSSR count). The van der Waals surface area contributed by atoms with E-state index in [-0.39, 0.29) is 0 Å². The summed E-state index contributed by atoms with van der Waals surface area (Å²) >= 11 is -2.03. The van der Waals surface area contributed by atoms with Crippen LogP contribution >= 0.6 is 0 Å². The molecule has 0 aromatic carbocycles. The summed E-state index contributed by atoms with van der Waals surface area (Å²) in [5, 5.41) is 9.63. The Morgan fingerprint density at radius 3 is 1.45 bits per heavy atom. The van der Waals surface area contributed by atoms with Crippen LogP contribution in [0.15, 0.2) is 0 Å². The lowest BCUT2D eigenvalue weighted by Crippen LogP contribution is -2.26. The van der Waals surface area contributed by atoms with E-state index in [0.29, 0.717) is 30.9 Å². The topological polar surface area (TPSA) is 131 Å². The molecule has 0 spiro atoms. The summed E-state index contributed by atoms with van der Waals surface area (Å²) in [6.07, 6.45) is 1.99. The Kier molecular flexibility index (Phi) is 15.1. The average molecular weight is 460 g/mol. The van der Waals surface area contributed by atoms with Gasteiger partial charge in [0.25, 0.3) is 0 Å². The van der Waals surface area contributed by atoms with Crippen LogP contribution in [-0.2, 0) is 11.3 Å². The van der Waals surface area contributed by atoms with E-state index in [1.54, 1.807) is 0 Å². The van der Waals surface area contributed by atoms with Crippen molar-refractivity contribution >= 4 is 29.1 Å². The standard InChI is InChI=1S/C19H41N9O2S/c1-5-27(6-2)15-9-11-20-17-24-18(21-12-10-16-28(7-3)8-4)26-19(25-17)22-13-14-23-31(29)30/h23H,5-16H2,1-4H3,(H,29,30)(H3,20,21,22,24,25,26). The van der Waals surface area contributed by atoms with Gasteiger partial charge in [0.1, 0.15) is 0 Å². The van der Waals surface area contributed by atoms with Crippen LogP contribution in [0.2, 0.25) is 0 Å². The van der Waals surface area contributed by atoms with Crippen molar-refractivity contribution < 1.29 is 8.76 Å². The molecule has 0 aliphatic rings. The highest BCUT2D eigenvalue weighted by molar-refractivity contribution is 7.77. The lowest BCUT2D eigenvalue weighted by atomic mass is 10.3. The van der Waals surface area contributed by atoms with Crippen LogP contribution in [0.4, 0.5) is 17.8 Å². The molecule has 0 bridgehead atoms. The zero-order valence-corrected chi connectivity index (χ0v) is 20.3. The fourth-order valence-corrected chi connectivity index (χ4v) is 3.29.